The lowest BCUT2D eigenvalue weighted by atomic mass is 9.97. The molecule has 0 aliphatic carbocycles. The predicted molar refractivity (Wildman–Crippen MR) is 87.5 cm³/mol. The smallest absolute Gasteiger partial charge is 0.269 e. The highest BCUT2D eigenvalue weighted by Gasteiger charge is 2.22. The number of carbonyl (C=O) groups excluding carboxylic acids is 1. The van der Waals surface area contributed by atoms with Crippen LogP contribution in [0.1, 0.15) is 10.5 Å². The number of hydrogen-bond acceptors (Lipinski definition) is 5. The molecule has 0 bridgehead atoms. The van der Waals surface area contributed by atoms with Crippen molar-refractivity contribution >= 4 is 33.5 Å². The van der Waals surface area contributed by atoms with E-state index in [1.54, 1.807) is 24.4 Å². The number of nitrogens with zero attached hydrogens (tertiary/aromatic N) is 3. The van der Waals surface area contributed by atoms with Gasteiger partial charge in [-0.1, -0.05) is 0 Å². The van der Waals surface area contributed by atoms with Gasteiger partial charge in [0.2, 0.25) is 0 Å². The van der Waals surface area contributed by atoms with Crippen LogP contribution in [0, 0.1) is 5.82 Å². The van der Waals surface area contributed by atoms with Crippen LogP contribution >= 0.6 is 0 Å². The van der Waals surface area contributed by atoms with Crippen molar-refractivity contribution in [2.24, 2.45) is 5.73 Å². The number of anilines is 1. The van der Waals surface area contributed by atoms with Gasteiger partial charge in [-0.25, -0.2) is 9.37 Å². The molecule has 3 aromatic heterocycles. The van der Waals surface area contributed by atoms with E-state index in [1.165, 1.54) is 12.3 Å². The topological polar surface area (TPSA) is 124 Å². The van der Waals surface area contributed by atoms with E-state index in [4.69, 9.17) is 11.5 Å². The Kier molecular flexibility index (Phi) is 2.92. The molecule has 3 heterocycles. The fourth-order valence-electron chi connectivity index (χ4n) is 2.79. The van der Waals surface area contributed by atoms with E-state index in [9.17, 15) is 9.18 Å². The summed E-state index contributed by atoms with van der Waals surface area (Å²) in [7, 11) is 0. The van der Waals surface area contributed by atoms with Crippen molar-refractivity contribution in [3.05, 3.63) is 48.2 Å². The third kappa shape index (κ3) is 1.89. The fraction of sp³-hybridized carbons (Fsp3) is 0. The number of halogens is 1. The van der Waals surface area contributed by atoms with Crippen LogP contribution in [0.2, 0.25) is 0 Å². The number of benzene rings is 1. The molecular weight excluding hydrogens is 311 g/mol. The normalized spacial score (nSPS) is 11.2. The molecule has 0 fully saturated rings. The number of nitrogens with two attached hydrogens (primary N) is 2. The molecule has 4 rings (SSSR count). The minimum absolute atomic E-state index is 0.0127. The summed E-state index contributed by atoms with van der Waals surface area (Å²) in [4.78, 5) is 20.1. The number of fused-ring (bicyclic) bond motifs is 2. The van der Waals surface area contributed by atoms with Gasteiger partial charge in [0.1, 0.15) is 5.82 Å². The number of nitrogen functional groups attached to an aromatic ring is 1. The number of aromatic amines is 1. The molecule has 5 N–H and O–H groups in total. The van der Waals surface area contributed by atoms with E-state index in [2.05, 4.69) is 20.2 Å². The van der Waals surface area contributed by atoms with Crippen molar-refractivity contribution in [3.8, 4) is 11.1 Å². The van der Waals surface area contributed by atoms with Gasteiger partial charge in [0, 0.05) is 22.7 Å². The molecule has 0 radical (unpaired) electrons. The maximum absolute atomic E-state index is 14.7. The van der Waals surface area contributed by atoms with Crippen molar-refractivity contribution in [2.75, 3.05) is 5.73 Å². The average Bonchev–Trinajstić information content (AvgIpc) is 3.04. The second kappa shape index (κ2) is 4.98. The minimum Gasteiger partial charge on any atom is -0.396 e. The summed E-state index contributed by atoms with van der Waals surface area (Å²) in [6, 6.07) is 6.19. The van der Waals surface area contributed by atoms with Crippen molar-refractivity contribution in [1.82, 2.24) is 20.2 Å². The highest BCUT2D eigenvalue weighted by molar-refractivity contribution is 6.11. The van der Waals surface area contributed by atoms with E-state index >= 15 is 0 Å². The van der Waals surface area contributed by atoms with Crippen LogP contribution in [0.15, 0.2) is 36.7 Å². The minimum atomic E-state index is -0.792. The molecule has 1 amide bonds. The third-order valence-corrected chi connectivity index (χ3v) is 3.84. The molecule has 4 aromatic rings. The average molecular weight is 322 g/mol. The number of aromatic nitrogens is 4. The predicted octanol–water partition coefficient (Wildman–Crippen LogP) is 1.99. The largest absolute Gasteiger partial charge is 0.396 e. The molecule has 7 nitrogen and oxygen atoms in total. The van der Waals surface area contributed by atoms with Crippen LogP contribution in [0.4, 0.5) is 10.1 Å². The summed E-state index contributed by atoms with van der Waals surface area (Å²) < 4.78 is 14.7. The molecule has 0 saturated heterocycles. The summed E-state index contributed by atoms with van der Waals surface area (Å²) >= 11 is 0. The van der Waals surface area contributed by atoms with E-state index in [1.807, 2.05) is 0 Å². The molecule has 0 saturated carbocycles. The number of amides is 1. The number of rotatable bonds is 2. The van der Waals surface area contributed by atoms with Gasteiger partial charge >= 0.3 is 0 Å². The quantitative estimate of drug-likeness (QED) is 0.520. The zero-order valence-corrected chi connectivity index (χ0v) is 12.2. The number of H-pyrrole nitrogens is 1. The molecule has 0 spiro atoms. The standard InChI is InChI=1S/C16H11FN6O/c17-8-3-4-9-7(6-21-23-9)11(8)12-13(18)15(16(19)24)22-10-2-1-5-20-14(10)12/h1-6H,18H2,(H2,19,24)(H,21,23). The highest BCUT2D eigenvalue weighted by Crippen LogP contribution is 2.39. The van der Waals surface area contributed by atoms with Gasteiger partial charge < -0.3 is 11.5 Å². The van der Waals surface area contributed by atoms with Gasteiger partial charge in [-0.3, -0.25) is 14.9 Å². The van der Waals surface area contributed by atoms with Gasteiger partial charge in [0.15, 0.2) is 5.69 Å². The molecule has 0 unspecified atom stereocenters. The molecule has 1 aromatic carbocycles. The number of pyridine rings is 2. The number of hydrogen-bond donors (Lipinski definition) is 3. The SMILES string of the molecule is NC(=O)c1nc2cccnc2c(-c2c(F)ccc3[nH]ncc23)c1N. The monoisotopic (exact) mass is 322 g/mol. The third-order valence-electron chi connectivity index (χ3n) is 3.84. The first-order chi connectivity index (χ1) is 11.6. The zero-order valence-electron chi connectivity index (χ0n) is 12.2. The fourth-order valence-corrected chi connectivity index (χ4v) is 2.79. The molecule has 0 aliphatic heterocycles. The Bertz CT molecular complexity index is 1120. The number of primary amides is 1. The van der Waals surface area contributed by atoms with Gasteiger partial charge in [-0.2, -0.15) is 5.10 Å². The van der Waals surface area contributed by atoms with Gasteiger partial charge in [-0.05, 0) is 24.3 Å². The van der Waals surface area contributed by atoms with Crippen LogP contribution in [0.3, 0.4) is 0 Å². The Labute approximate surface area is 134 Å². The first-order valence-corrected chi connectivity index (χ1v) is 7.04. The summed E-state index contributed by atoms with van der Waals surface area (Å²) in [6.45, 7) is 0. The van der Waals surface area contributed by atoms with Crippen LogP contribution in [0.5, 0.6) is 0 Å². The maximum Gasteiger partial charge on any atom is 0.269 e. The summed E-state index contributed by atoms with van der Waals surface area (Å²) in [5, 5.41) is 7.24. The second-order valence-electron chi connectivity index (χ2n) is 5.24. The van der Waals surface area contributed by atoms with Gasteiger partial charge in [-0.15, -0.1) is 0 Å². The second-order valence-corrected chi connectivity index (χ2v) is 5.24. The van der Waals surface area contributed by atoms with Crippen molar-refractivity contribution in [3.63, 3.8) is 0 Å². The lowest BCUT2D eigenvalue weighted by Gasteiger charge is -2.13. The Morgan fingerprint density at radius 1 is 1.21 bits per heavy atom. The summed E-state index contributed by atoms with van der Waals surface area (Å²) in [5.41, 5.74) is 13.2. The van der Waals surface area contributed by atoms with Crippen LogP contribution in [0.25, 0.3) is 33.1 Å². The number of carbonyl (C=O) groups is 1. The van der Waals surface area contributed by atoms with Crippen molar-refractivity contribution in [1.29, 1.82) is 0 Å². The van der Waals surface area contributed by atoms with Crippen LogP contribution in [-0.2, 0) is 0 Å². The Hall–Kier alpha value is -3.55. The molecule has 24 heavy (non-hydrogen) atoms. The maximum atomic E-state index is 14.7. The van der Waals surface area contributed by atoms with E-state index in [0.717, 1.165) is 0 Å². The van der Waals surface area contributed by atoms with Gasteiger partial charge in [0.25, 0.3) is 5.91 Å². The summed E-state index contributed by atoms with van der Waals surface area (Å²) in [5.74, 6) is -1.30. The van der Waals surface area contributed by atoms with Gasteiger partial charge in [0.05, 0.1) is 28.4 Å². The van der Waals surface area contributed by atoms with E-state index in [0.29, 0.717) is 21.9 Å². The number of nitrogens with one attached hydrogen (secondary N) is 1. The molecule has 0 aliphatic rings. The van der Waals surface area contributed by atoms with E-state index in [-0.39, 0.29) is 22.5 Å². The van der Waals surface area contributed by atoms with Crippen LogP contribution in [-0.4, -0.2) is 26.1 Å². The zero-order chi connectivity index (χ0) is 16.8. The summed E-state index contributed by atoms with van der Waals surface area (Å²) in [6.07, 6.45) is 3.04. The van der Waals surface area contributed by atoms with Crippen molar-refractivity contribution < 1.29 is 9.18 Å². The van der Waals surface area contributed by atoms with Crippen LogP contribution < -0.4 is 11.5 Å². The Morgan fingerprint density at radius 3 is 2.83 bits per heavy atom. The Morgan fingerprint density at radius 2 is 2.04 bits per heavy atom. The first kappa shape index (κ1) is 14.1. The lowest BCUT2D eigenvalue weighted by molar-refractivity contribution is 0.0997. The molecule has 8 heteroatoms. The van der Waals surface area contributed by atoms with E-state index < -0.39 is 11.7 Å². The first-order valence-electron chi connectivity index (χ1n) is 7.04. The lowest BCUT2D eigenvalue weighted by Crippen LogP contribution is -2.17. The molecular formula is C16H11FN6O. The highest BCUT2D eigenvalue weighted by atomic mass is 19.1. The Balaban J connectivity index is 2.24. The van der Waals surface area contributed by atoms with Crippen molar-refractivity contribution in [2.45, 2.75) is 0 Å². The molecule has 0 atom stereocenters. The molecule has 118 valence electrons.